The van der Waals surface area contributed by atoms with Gasteiger partial charge in [-0.2, -0.15) is 5.10 Å². The number of carbonyl (C=O) groups excluding carboxylic acids is 1. The quantitative estimate of drug-likeness (QED) is 0.676. The average molecular weight is 393 g/mol. The van der Waals surface area contributed by atoms with E-state index in [0.717, 1.165) is 54.0 Å². The molecule has 2 aromatic heterocycles. The summed E-state index contributed by atoms with van der Waals surface area (Å²) in [7, 11) is 1.58. The summed E-state index contributed by atoms with van der Waals surface area (Å²) in [6.07, 6.45) is 1.81. The third kappa shape index (κ3) is 3.65. The third-order valence-corrected chi connectivity index (χ3v) is 5.96. The largest absolute Gasteiger partial charge is 0.369 e. The van der Waals surface area contributed by atoms with Gasteiger partial charge in [-0.15, -0.1) is 0 Å². The van der Waals surface area contributed by atoms with E-state index in [1.165, 1.54) is 0 Å². The van der Waals surface area contributed by atoms with Gasteiger partial charge in [0.25, 0.3) is 5.91 Å². The second kappa shape index (κ2) is 7.59. The van der Waals surface area contributed by atoms with Gasteiger partial charge in [-0.05, 0) is 57.9 Å². The minimum Gasteiger partial charge on any atom is -0.369 e. The lowest BCUT2D eigenvalue weighted by atomic mass is 9.92. The molecule has 1 saturated heterocycles. The summed E-state index contributed by atoms with van der Waals surface area (Å²) < 4.78 is 7.28. The molecule has 0 bridgehead atoms. The Kier molecular flexibility index (Phi) is 5.13. The first-order valence-corrected chi connectivity index (χ1v) is 10.2. The van der Waals surface area contributed by atoms with Crippen LogP contribution in [-0.4, -0.2) is 51.4 Å². The summed E-state index contributed by atoms with van der Waals surface area (Å²) >= 11 is 0. The summed E-state index contributed by atoms with van der Waals surface area (Å²) in [5, 5.41) is 5.78. The van der Waals surface area contributed by atoms with Crippen molar-refractivity contribution in [1.29, 1.82) is 0 Å². The first kappa shape index (κ1) is 19.6. The first-order chi connectivity index (χ1) is 13.9. The number of benzene rings is 1. The van der Waals surface area contributed by atoms with Gasteiger partial charge in [0.05, 0.1) is 11.4 Å². The molecule has 3 heterocycles. The molecule has 0 spiro atoms. The maximum Gasteiger partial charge on any atom is 0.254 e. The van der Waals surface area contributed by atoms with Crippen LogP contribution in [0.15, 0.2) is 42.5 Å². The Morgan fingerprint density at radius 1 is 1.10 bits per heavy atom. The number of pyridine rings is 1. The van der Waals surface area contributed by atoms with Crippen LogP contribution in [0.2, 0.25) is 0 Å². The topological polar surface area (TPSA) is 60.2 Å². The maximum atomic E-state index is 12.6. The van der Waals surface area contributed by atoms with Gasteiger partial charge in [0.2, 0.25) is 0 Å². The monoisotopic (exact) mass is 392 g/mol. The van der Waals surface area contributed by atoms with Crippen molar-refractivity contribution in [3.8, 4) is 5.69 Å². The molecule has 0 atom stereocenters. The number of aromatic nitrogens is 3. The predicted octanol–water partition coefficient (Wildman–Crippen LogP) is 3.86. The molecule has 6 heteroatoms. The molecule has 1 aliphatic heterocycles. The lowest BCUT2D eigenvalue weighted by Crippen LogP contribution is -2.49. The van der Waals surface area contributed by atoms with Crippen LogP contribution in [0.5, 0.6) is 0 Å². The first-order valence-electron chi connectivity index (χ1n) is 10.2. The Morgan fingerprint density at radius 3 is 2.45 bits per heavy atom. The standard InChI is InChI=1S/C23H28N4O2/c1-16-19-10-11-20(24-21(19)27(25-16)18-8-6-5-7-9-18)17-12-14-26(15-13-17)22(28)23(2,3)29-4/h5-11,17H,12-15H2,1-4H3. The zero-order valence-corrected chi connectivity index (χ0v) is 17.6. The van der Waals surface area contributed by atoms with E-state index in [-0.39, 0.29) is 5.91 Å². The van der Waals surface area contributed by atoms with Gasteiger partial charge < -0.3 is 9.64 Å². The maximum absolute atomic E-state index is 12.6. The smallest absolute Gasteiger partial charge is 0.254 e. The van der Waals surface area contributed by atoms with E-state index in [4.69, 9.17) is 14.8 Å². The predicted molar refractivity (Wildman–Crippen MR) is 113 cm³/mol. The van der Waals surface area contributed by atoms with Crippen molar-refractivity contribution in [1.82, 2.24) is 19.7 Å². The van der Waals surface area contributed by atoms with E-state index < -0.39 is 5.60 Å². The number of hydrogen-bond donors (Lipinski definition) is 0. The lowest BCUT2D eigenvalue weighted by Gasteiger charge is -2.36. The number of rotatable bonds is 4. The summed E-state index contributed by atoms with van der Waals surface area (Å²) in [4.78, 5) is 19.6. The van der Waals surface area contributed by atoms with E-state index in [0.29, 0.717) is 5.92 Å². The zero-order valence-electron chi connectivity index (χ0n) is 17.6. The Balaban J connectivity index is 1.58. The molecular weight excluding hydrogens is 364 g/mol. The Hall–Kier alpha value is -2.73. The second-order valence-electron chi connectivity index (χ2n) is 8.22. The fraction of sp³-hybridized carbons (Fsp3) is 0.435. The molecule has 1 aliphatic rings. The van der Waals surface area contributed by atoms with Crippen molar-refractivity contribution in [2.75, 3.05) is 20.2 Å². The molecule has 0 N–H and O–H groups in total. The second-order valence-corrected chi connectivity index (χ2v) is 8.22. The van der Waals surface area contributed by atoms with E-state index in [2.05, 4.69) is 12.1 Å². The van der Waals surface area contributed by atoms with Crippen LogP contribution in [0.3, 0.4) is 0 Å². The van der Waals surface area contributed by atoms with E-state index >= 15 is 0 Å². The van der Waals surface area contributed by atoms with Gasteiger partial charge >= 0.3 is 0 Å². The van der Waals surface area contributed by atoms with E-state index in [1.807, 2.05) is 60.7 Å². The van der Waals surface area contributed by atoms with Gasteiger partial charge in [0.1, 0.15) is 5.60 Å². The molecule has 1 amide bonds. The summed E-state index contributed by atoms with van der Waals surface area (Å²) in [6, 6.07) is 14.4. The number of hydrogen-bond acceptors (Lipinski definition) is 4. The summed E-state index contributed by atoms with van der Waals surface area (Å²) in [5.74, 6) is 0.396. The number of piperidine rings is 1. The molecule has 0 aliphatic carbocycles. The SMILES string of the molecule is COC(C)(C)C(=O)N1CCC(c2ccc3c(C)nn(-c4ccccc4)c3n2)CC1. The Bertz CT molecular complexity index is 1020. The number of fused-ring (bicyclic) bond motifs is 1. The van der Waals surface area contributed by atoms with Crippen molar-refractivity contribution in [2.24, 2.45) is 0 Å². The van der Waals surface area contributed by atoms with Crippen LogP contribution >= 0.6 is 0 Å². The lowest BCUT2D eigenvalue weighted by molar-refractivity contribution is -0.152. The Labute approximate surface area is 171 Å². The van der Waals surface area contributed by atoms with E-state index in [1.54, 1.807) is 7.11 Å². The minimum absolute atomic E-state index is 0.0552. The van der Waals surface area contributed by atoms with Crippen molar-refractivity contribution < 1.29 is 9.53 Å². The molecule has 1 aromatic carbocycles. The van der Waals surface area contributed by atoms with Gasteiger partial charge in [0, 0.05) is 37.2 Å². The fourth-order valence-corrected chi connectivity index (χ4v) is 3.98. The van der Waals surface area contributed by atoms with Crippen LogP contribution in [-0.2, 0) is 9.53 Å². The number of nitrogens with zero attached hydrogens (tertiary/aromatic N) is 4. The normalized spacial score (nSPS) is 15.8. The van der Waals surface area contributed by atoms with Crippen LogP contribution in [0.25, 0.3) is 16.7 Å². The number of ether oxygens (including phenoxy) is 1. The molecular formula is C23H28N4O2. The molecule has 4 rings (SSSR count). The van der Waals surface area contributed by atoms with Crippen molar-refractivity contribution in [2.45, 2.75) is 45.1 Å². The number of aryl methyl sites for hydroxylation is 1. The summed E-state index contributed by atoms with van der Waals surface area (Å²) in [6.45, 7) is 7.12. The van der Waals surface area contributed by atoms with Crippen LogP contribution < -0.4 is 0 Å². The molecule has 29 heavy (non-hydrogen) atoms. The third-order valence-electron chi connectivity index (χ3n) is 5.96. The van der Waals surface area contributed by atoms with Crippen molar-refractivity contribution in [3.05, 3.63) is 53.9 Å². The highest BCUT2D eigenvalue weighted by Gasteiger charge is 2.34. The summed E-state index contributed by atoms with van der Waals surface area (Å²) in [5.41, 5.74) is 3.18. The highest BCUT2D eigenvalue weighted by Crippen LogP contribution is 2.30. The Morgan fingerprint density at radius 2 is 1.79 bits per heavy atom. The molecule has 1 fully saturated rings. The van der Waals surface area contributed by atoms with Crippen molar-refractivity contribution >= 4 is 16.9 Å². The molecule has 152 valence electrons. The number of carbonyl (C=O) groups is 1. The van der Waals surface area contributed by atoms with Crippen LogP contribution in [0.4, 0.5) is 0 Å². The zero-order chi connectivity index (χ0) is 20.6. The molecule has 3 aromatic rings. The number of methoxy groups -OCH3 is 1. The highest BCUT2D eigenvalue weighted by molar-refractivity contribution is 5.84. The average Bonchev–Trinajstić information content (AvgIpc) is 3.10. The molecule has 0 radical (unpaired) electrons. The van der Waals surface area contributed by atoms with Gasteiger partial charge in [-0.25, -0.2) is 9.67 Å². The van der Waals surface area contributed by atoms with Gasteiger partial charge in [0.15, 0.2) is 5.65 Å². The molecule has 6 nitrogen and oxygen atoms in total. The molecule has 0 unspecified atom stereocenters. The van der Waals surface area contributed by atoms with E-state index in [9.17, 15) is 4.79 Å². The van der Waals surface area contributed by atoms with Gasteiger partial charge in [-0.3, -0.25) is 4.79 Å². The number of para-hydroxylation sites is 1. The number of amides is 1. The molecule has 0 saturated carbocycles. The van der Waals surface area contributed by atoms with Crippen molar-refractivity contribution in [3.63, 3.8) is 0 Å². The van der Waals surface area contributed by atoms with Crippen LogP contribution in [0, 0.1) is 6.92 Å². The van der Waals surface area contributed by atoms with Crippen LogP contribution in [0.1, 0.15) is 44.0 Å². The minimum atomic E-state index is -0.774. The fourth-order valence-electron chi connectivity index (χ4n) is 3.98. The number of likely N-dealkylation sites (tertiary alicyclic amines) is 1. The van der Waals surface area contributed by atoms with Gasteiger partial charge in [-0.1, -0.05) is 18.2 Å². The highest BCUT2D eigenvalue weighted by atomic mass is 16.5.